The van der Waals surface area contributed by atoms with Crippen molar-refractivity contribution in [1.29, 1.82) is 0 Å². The van der Waals surface area contributed by atoms with Crippen LogP contribution < -0.4 is 5.32 Å². The van der Waals surface area contributed by atoms with Gasteiger partial charge in [0, 0.05) is 12.6 Å². The zero-order valence-electron chi connectivity index (χ0n) is 10.7. The molecule has 0 aromatic carbocycles. The Hall–Kier alpha value is -1.90. The van der Waals surface area contributed by atoms with Crippen molar-refractivity contribution >= 4 is 27.4 Å². The lowest BCUT2D eigenvalue weighted by Crippen LogP contribution is -2.17. The van der Waals surface area contributed by atoms with Crippen molar-refractivity contribution in [3.63, 3.8) is 0 Å². The van der Waals surface area contributed by atoms with E-state index in [0.717, 1.165) is 0 Å². The van der Waals surface area contributed by atoms with Crippen LogP contribution >= 0.6 is 0 Å². The van der Waals surface area contributed by atoms with Gasteiger partial charge in [-0.05, 0) is 12.3 Å². The molecule has 1 atom stereocenters. The maximum Gasteiger partial charge on any atom is 0.325 e. The van der Waals surface area contributed by atoms with Gasteiger partial charge < -0.3 is 10.4 Å². The van der Waals surface area contributed by atoms with Crippen molar-refractivity contribution in [3.8, 4) is 0 Å². The number of hydrogen-bond acceptors (Lipinski definition) is 5. The number of carboxylic acid groups (broad SMARTS) is 1. The molecule has 0 radical (unpaired) electrons. The molecule has 1 fully saturated rings. The van der Waals surface area contributed by atoms with Gasteiger partial charge in [-0.2, -0.15) is 5.10 Å². The predicted molar refractivity (Wildman–Crippen MR) is 69.9 cm³/mol. The van der Waals surface area contributed by atoms with E-state index in [1.54, 1.807) is 0 Å². The van der Waals surface area contributed by atoms with E-state index in [0.29, 0.717) is 12.1 Å². The highest BCUT2D eigenvalue weighted by atomic mass is 32.2. The number of sulfone groups is 1. The van der Waals surface area contributed by atoms with Gasteiger partial charge in [0.25, 0.3) is 0 Å². The summed E-state index contributed by atoms with van der Waals surface area (Å²) in [5, 5.41) is 15.0. The van der Waals surface area contributed by atoms with Gasteiger partial charge in [0.2, 0.25) is 5.91 Å². The van der Waals surface area contributed by atoms with E-state index in [1.165, 1.54) is 17.1 Å². The van der Waals surface area contributed by atoms with Crippen LogP contribution in [0, 0.1) is 5.92 Å². The lowest BCUT2D eigenvalue weighted by Gasteiger charge is -2.06. The Balaban J connectivity index is 1.85. The smallest absolute Gasteiger partial charge is 0.325 e. The number of carbonyl (C=O) groups excluding carboxylic acids is 1. The van der Waals surface area contributed by atoms with Gasteiger partial charge in [-0.15, -0.1) is 0 Å². The molecule has 1 aliphatic heterocycles. The van der Waals surface area contributed by atoms with Crippen molar-refractivity contribution in [3.05, 3.63) is 12.4 Å². The summed E-state index contributed by atoms with van der Waals surface area (Å²) in [6.45, 7) is -0.281. The third-order valence-corrected chi connectivity index (χ3v) is 4.85. The third kappa shape index (κ3) is 4.05. The molecule has 8 nitrogen and oxygen atoms in total. The summed E-state index contributed by atoms with van der Waals surface area (Å²) in [6.07, 6.45) is 3.42. The Labute approximate surface area is 115 Å². The Morgan fingerprint density at radius 3 is 2.85 bits per heavy atom. The maximum absolute atomic E-state index is 11.8. The summed E-state index contributed by atoms with van der Waals surface area (Å²) >= 11 is 0. The van der Waals surface area contributed by atoms with Gasteiger partial charge in [0.05, 0.1) is 23.4 Å². The van der Waals surface area contributed by atoms with E-state index in [4.69, 9.17) is 5.11 Å². The van der Waals surface area contributed by atoms with Crippen LogP contribution in [0.15, 0.2) is 12.4 Å². The number of nitrogens with zero attached hydrogens (tertiary/aromatic N) is 2. The molecule has 2 heterocycles. The highest BCUT2D eigenvalue weighted by Crippen LogP contribution is 2.22. The van der Waals surface area contributed by atoms with Gasteiger partial charge in [0.15, 0.2) is 9.84 Å². The van der Waals surface area contributed by atoms with E-state index in [9.17, 15) is 18.0 Å². The highest BCUT2D eigenvalue weighted by molar-refractivity contribution is 7.91. The molecule has 0 saturated carbocycles. The molecule has 20 heavy (non-hydrogen) atoms. The van der Waals surface area contributed by atoms with Gasteiger partial charge in [-0.25, -0.2) is 8.42 Å². The summed E-state index contributed by atoms with van der Waals surface area (Å²) in [5.41, 5.74) is 0.400. The van der Waals surface area contributed by atoms with E-state index in [-0.39, 0.29) is 36.3 Å². The highest BCUT2D eigenvalue weighted by Gasteiger charge is 2.29. The predicted octanol–water partition coefficient (Wildman–Crippen LogP) is -0.269. The van der Waals surface area contributed by atoms with Crippen molar-refractivity contribution in [2.24, 2.45) is 5.92 Å². The summed E-state index contributed by atoms with van der Waals surface area (Å²) in [4.78, 5) is 22.2. The van der Waals surface area contributed by atoms with E-state index in [2.05, 4.69) is 10.4 Å². The summed E-state index contributed by atoms with van der Waals surface area (Å²) < 4.78 is 23.8. The van der Waals surface area contributed by atoms with Gasteiger partial charge in [-0.1, -0.05) is 0 Å². The molecule has 2 rings (SSSR count). The molecule has 0 bridgehead atoms. The van der Waals surface area contributed by atoms with Crippen LogP contribution in [0.5, 0.6) is 0 Å². The van der Waals surface area contributed by atoms with Crippen LogP contribution in [0.25, 0.3) is 0 Å². The molecular weight excluding hydrogens is 286 g/mol. The van der Waals surface area contributed by atoms with Crippen LogP contribution in [0.4, 0.5) is 5.69 Å². The maximum atomic E-state index is 11.8. The average molecular weight is 301 g/mol. The molecule has 9 heteroatoms. The van der Waals surface area contributed by atoms with Crippen LogP contribution in [0.3, 0.4) is 0 Å². The molecule has 1 aromatic heterocycles. The van der Waals surface area contributed by atoms with Crippen LogP contribution in [-0.2, 0) is 26.0 Å². The number of anilines is 1. The van der Waals surface area contributed by atoms with Gasteiger partial charge >= 0.3 is 5.97 Å². The Morgan fingerprint density at radius 1 is 1.50 bits per heavy atom. The second-order valence-electron chi connectivity index (χ2n) is 4.84. The first kappa shape index (κ1) is 14.5. The molecule has 2 N–H and O–H groups in total. The molecule has 0 spiro atoms. The van der Waals surface area contributed by atoms with E-state index in [1.807, 2.05) is 0 Å². The number of hydrogen-bond donors (Lipinski definition) is 2. The Morgan fingerprint density at radius 2 is 2.25 bits per heavy atom. The number of rotatable bonds is 5. The van der Waals surface area contributed by atoms with Crippen molar-refractivity contribution in [2.45, 2.75) is 19.4 Å². The summed E-state index contributed by atoms with van der Waals surface area (Å²) in [7, 11) is -2.99. The quantitative estimate of drug-likeness (QED) is 0.773. The normalized spacial score (nSPS) is 20.7. The molecule has 110 valence electrons. The largest absolute Gasteiger partial charge is 0.480 e. The number of carbonyl (C=O) groups is 2. The minimum absolute atomic E-state index is 0.0543. The lowest BCUT2D eigenvalue weighted by molar-refractivity contribution is -0.137. The summed E-state index contributed by atoms with van der Waals surface area (Å²) in [6, 6.07) is 0. The minimum atomic E-state index is -2.99. The molecule has 1 aromatic rings. The lowest BCUT2D eigenvalue weighted by atomic mass is 10.1. The zero-order chi connectivity index (χ0) is 14.8. The van der Waals surface area contributed by atoms with Crippen molar-refractivity contribution in [1.82, 2.24) is 9.78 Å². The van der Waals surface area contributed by atoms with Crippen molar-refractivity contribution in [2.75, 3.05) is 16.8 Å². The first-order valence-corrected chi connectivity index (χ1v) is 7.91. The second-order valence-corrected chi connectivity index (χ2v) is 7.07. The van der Waals surface area contributed by atoms with E-state index >= 15 is 0 Å². The number of aliphatic carboxylic acids is 1. The van der Waals surface area contributed by atoms with E-state index < -0.39 is 15.8 Å². The molecule has 1 unspecified atom stereocenters. The van der Waals surface area contributed by atoms with Gasteiger partial charge in [0.1, 0.15) is 6.54 Å². The monoisotopic (exact) mass is 301 g/mol. The van der Waals surface area contributed by atoms with Crippen LogP contribution in [0.2, 0.25) is 0 Å². The summed E-state index contributed by atoms with van der Waals surface area (Å²) in [5.74, 6) is -1.27. The average Bonchev–Trinajstić information content (AvgIpc) is 2.85. The van der Waals surface area contributed by atoms with Crippen molar-refractivity contribution < 1.29 is 23.1 Å². The number of aromatic nitrogens is 2. The van der Waals surface area contributed by atoms with Gasteiger partial charge in [-0.3, -0.25) is 14.3 Å². The standard InChI is InChI=1S/C11H15N3O5S/c15-10(3-8-1-2-20(18,19)7-8)13-9-4-12-14(5-9)6-11(16)17/h4-5,8H,1-3,6-7H2,(H,13,15)(H,16,17). The third-order valence-electron chi connectivity index (χ3n) is 3.02. The SMILES string of the molecule is O=C(O)Cn1cc(NC(=O)CC2CCS(=O)(=O)C2)cn1. The van der Waals surface area contributed by atoms with Crippen LogP contribution in [0.1, 0.15) is 12.8 Å². The first-order chi connectivity index (χ1) is 9.34. The first-order valence-electron chi connectivity index (χ1n) is 6.08. The second kappa shape index (κ2) is 5.61. The molecule has 0 aliphatic carbocycles. The number of carboxylic acids is 1. The molecular formula is C11H15N3O5S. The number of nitrogens with one attached hydrogen (secondary N) is 1. The molecule has 1 aliphatic rings. The zero-order valence-corrected chi connectivity index (χ0v) is 11.5. The molecule has 1 amide bonds. The Bertz CT molecular complexity index is 622. The fourth-order valence-corrected chi connectivity index (χ4v) is 4.02. The fourth-order valence-electron chi connectivity index (χ4n) is 2.16. The number of amides is 1. The minimum Gasteiger partial charge on any atom is -0.480 e. The topological polar surface area (TPSA) is 118 Å². The Kier molecular flexibility index (Phi) is 4.07. The van der Waals surface area contributed by atoms with Crippen LogP contribution in [-0.4, -0.2) is 46.7 Å². The molecule has 1 saturated heterocycles. The fraction of sp³-hybridized carbons (Fsp3) is 0.545.